The third-order valence-electron chi connectivity index (χ3n) is 7.55. The van der Waals surface area contributed by atoms with E-state index in [4.69, 9.17) is 21.1 Å². The Morgan fingerprint density at radius 1 is 0.674 bits per heavy atom. The Morgan fingerprint density at radius 3 is 1.77 bits per heavy atom. The van der Waals surface area contributed by atoms with Gasteiger partial charge in [-0.05, 0) is 46.4 Å². The lowest BCUT2D eigenvalue weighted by atomic mass is 9.88. The Kier molecular flexibility index (Phi) is 10.5. The summed E-state index contributed by atoms with van der Waals surface area (Å²) in [5.74, 6) is 1.28. The smallest absolute Gasteiger partial charge is 0.245 e. The molecule has 43 heavy (non-hydrogen) atoms. The number of methoxy groups -OCH3 is 1. The highest BCUT2D eigenvalue weighted by Gasteiger charge is 2.26. The maximum atomic E-state index is 14.0. The third kappa shape index (κ3) is 8.06. The number of nitrogens with zero attached hydrogens (tertiary/aromatic N) is 1. The number of rotatable bonds is 13. The van der Waals surface area contributed by atoms with Crippen molar-refractivity contribution in [1.29, 1.82) is 0 Å². The fraction of sp³-hybridized carbons (Fsp3) is 0.184. The van der Waals surface area contributed by atoms with Gasteiger partial charge in [-0.3, -0.25) is 4.79 Å². The molecule has 1 atom stereocenters. The van der Waals surface area contributed by atoms with Crippen LogP contribution in [0.1, 0.15) is 45.5 Å². The number of ether oxygens (including phenoxy) is 2. The van der Waals surface area contributed by atoms with Crippen molar-refractivity contribution >= 4 is 17.5 Å². The van der Waals surface area contributed by atoms with E-state index >= 15 is 0 Å². The zero-order valence-electron chi connectivity index (χ0n) is 24.3. The van der Waals surface area contributed by atoms with Crippen LogP contribution >= 0.6 is 11.6 Å². The van der Waals surface area contributed by atoms with E-state index in [1.54, 1.807) is 7.11 Å². The number of hydrogen-bond donors (Lipinski definition) is 0. The molecule has 1 unspecified atom stereocenters. The first-order chi connectivity index (χ1) is 21.1. The monoisotopic (exact) mass is 589 g/mol. The van der Waals surface area contributed by atoms with Crippen LogP contribution in [0.2, 0.25) is 0 Å². The molecule has 5 aromatic rings. The van der Waals surface area contributed by atoms with Crippen molar-refractivity contribution in [3.05, 3.63) is 167 Å². The second-order valence-electron chi connectivity index (χ2n) is 10.5. The number of hydrogen-bond acceptors (Lipinski definition) is 3. The summed E-state index contributed by atoms with van der Waals surface area (Å²) in [6, 6.07) is 46.3. The minimum Gasteiger partial charge on any atom is -0.493 e. The molecule has 0 saturated heterocycles. The van der Waals surface area contributed by atoms with Crippen LogP contribution in [0, 0.1) is 0 Å². The molecule has 4 nitrogen and oxygen atoms in total. The summed E-state index contributed by atoms with van der Waals surface area (Å²) in [6.45, 7) is 1.35. The molecule has 1 amide bonds. The third-order valence-corrected chi connectivity index (χ3v) is 7.99. The van der Waals surface area contributed by atoms with E-state index in [0.29, 0.717) is 31.2 Å². The molecule has 0 aromatic heterocycles. The largest absolute Gasteiger partial charge is 0.493 e. The Morgan fingerprint density at radius 2 is 1.21 bits per heavy atom. The highest BCUT2D eigenvalue weighted by molar-refractivity contribution is 6.30. The summed E-state index contributed by atoms with van der Waals surface area (Å²) in [6.07, 6.45) is 0.744. The average molecular weight is 590 g/mol. The fourth-order valence-corrected chi connectivity index (χ4v) is 5.54. The van der Waals surface area contributed by atoms with Gasteiger partial charge in [-0.25, -0.2) is 0 Å². The number of alkyl halides is 1. The number of amides is 1. The van der Waals surface area contributed by atoms with Gasteiger partial charge in [-0.2, -0.15) is 0 Å². The van der Waals surface area contributed by atoms with Crippen LogP contribution < -0.4 is 9.47 Å². The van der Waals surface area contributed by atoms with Crippen LogP contribution in [0.15, 0.2) is 140 Å². The molecule has 0 bridgehead atoms. The molecular weight excluding hydrogens is 554 g/mol. The van der Waals surface area contributed by atoms with Gasteiger partial charge in [0.1, 0.15) is 12.0 Å². The van der Waals surface area contributed by atoms with Crippen molar-refractivity contribution < 1.29 is 14.3 Å². The number of carbonyl (C=O) groups excluding carboxylic acids is 1. The van der Waals surface area contributed by atoms with Gasteiger partial charge in [0.05, 0.1) is 7.11 Å². The standard InChI is InChI=1S/C38H36ClNO3/c1-42-36-26-30(22-23-35(36)43-28-29-14-6-2-7-15-29)27-40(38(41)37(39)33-20-12-5-13-21-33)25-24-34(31-16-8-3-9-17-31)32-18-10-4-11-19-32/h2-23,26,34,37H,24-25,27-28H2,1H3. The molecule has 0 heterocycles. The maximum absolute atomic E-state index is 14.0. The predicted octanol–water partition coefficient (Wildman–Crippen LogP) is 8.81. The van der Waals surface area contributed by atoms with E-state index in [-0.39, 0.29) is 11.8 Å². The zero-order chi connectivity index (χ0) is 29.9. The van der Waals surface area contributed by atoms with E-state index in [9.17, 15) is 4.79 Å². The molecular formula is C38H36ClNO3. The Hall–Kier alpha value is -4.54. The van der Waals surface area contributed by atoms with Crippen molar-refractivity contribution in [2.75, 3.05) is 13.7 Å². The van der Waals surface area contributed by atoms with E-state index in [0.717, 1.165) is 23.1 Å². The number of benzene rings is 5. The van der Waals surface area contributed by atoms with Gasteiger partial charge in [0.15, 0.2) is 11.5 Å². The minimum absolute atomic E-state index is 0.129. The zero-order valence-corrected chi connectivity index (χ0v) is 25.1. The van der Waals surface area contributed by atoms with E-state index in [1.165, 1.54) is 11.1 Å². The maximum Gasteiger partial charge on any atom is 0.245 e. The second kappa shape index (κ2) is 15.1. The van der Waals surface area contributed by atoms with Crippen LogP contribution in [0.4, 0.5) is 0 Å². The topological polar surface area (TPSA) is 38.8 Å². The molecule has 0 saturated carbocycles. The summed E-state index contributed by atoms with van der Waals surface area (Å²) in [5, 5.41) is -0.788. The summed E-state index contributed by atoms with van der Waals surface area (Å²) in [4.78, 5) is 15.8. The van der Waals surface area contributed by atoms with Gasteiger partial charge < -0.3 is 14.4 Å². The molecule has 0 spiro atoms. The van der Waals surface area contributed by atoms with Crippen molar-refractivity contribution in [2.24, 2.45) is 0 Å². The molecule has 0 radical (unpaired) electrons. The molecule has 5 aromatic carbocycles. The summed E-state index contributed by atoms with van der Waals surface area (Å²) in [5.41, 5.74) is 5.22. The van der Waals surface area contributed by atoms with Crippen molar-refractivity contribution in [3.63, 3.8) is 0 Å². The molecule has 218 valence electrons. The number of carbonyl (C=O) groups is 1. The highest BCUT2D eigenvalue weighted by Crippen LogP contribution is 2.32. The summed E-state index contributed by atoms with van der Waals surface area (Å²) in [7, 11) is 1.63. The van der Waals surface area contributed by atoms with Gasteiger partial charge in [0.25, 0.3) is 0 Å². The van der Waals surface area contributed by atoms with E-state index < -0.39 is 5.38 Å². The van der Waals surface area contributed by atoms with Crippen molar-refractivity contribution in [1.82, 2.24) is 4.90 Å². The molecule has 0 aliphatic heterocycles. The molecule has 5 rings (SSSR count). The summed E-state index contributed by atoms with van der Waals surface area (Å²) < 4.78 is 11.8. The quantitative estimate of drug-likeness (QED) is 0.129. The van der Waals surface area contributed by atoms with Crippen molar-refractivity contribution in [2.45, 2.75) is 30.9 Å². The second-order valence-corrected chi connectivity index (χ2v) is 10.9. The lowest BCUT2D eigenvalue weighted by Crippen LogP contribution is -2.34. The predicted molar refractivity (Wildman–Crippen MR) is 174 cm³/mol. The van der Waals surface area contributed by atoms with Crippen molar-refractivity contribution in [3.8, 4) is 11.5 Å². The van der Waals surface area contributed by atoms with Crippen LogP contribution in [0.5, 0.6) is 11.5 Å². The van der Waals surface area contributed by atoms with E-state index in [1.807, 2.05) is 95.9 Å². The van der Waals surface area contributed by atoms with Crippen LogP contribution in [0.3, 0.4) is 0 Å². The Labute approximate surface area is 259 Å². The molecule has 0 N–H and O–H groups in total. The Balaban J connectivity index is 1.39. The normalized spacial score (nSPS) is 11.6. The fourth-order valence-electron chi connectivity index (χ4n) is 5.26. The van der Waals surface area contributed by atoms with Gasteiger partial charge in [0, 0.05) is 19.0 Å². The SMILES string of the molecule is COc1cc(CN(CCC(c2ccccc2)c2ccccc2)C(=O)C(Cl)c2ccccc2)ccc1OCc1ccccc1. The first-order valence-corrected chi connectivity index (χ1v) is 15.0. The lowest BCUT2D eigenvalue weighted by Gasteiger charge is -2.28. The molecule has 5 heteroatoms. The minimum atomic E-state index is -0.788. The first kappa shape index (κ1) is 29.9. The lowest BCUT2D eigenvalue weighted by molar-refractivity contribution is -0.131. The molecule has 0 aliphatic rings. The van der Waals surface area contributed by atoms with Gasteiger partial charge >= 0.3 is 0 Å². The Bertz CT molecular complexity index is 1520. The number of halogens is 1. The van der Waals surface area contributed by atoms with Crippen LogP contribution in [-0.4, -0.2) is 24.5 Å². The van der Waals surface area contributed by atoms with Crippen LogP contribution in [0.25, 0.3) is 0 Å². The van der Waals surface area contributed by atoms with E-state index in [2.05, 4.69) is 48.5 Å². The molecule has 0 aliphatic carbocycles. The first-order valence-electron chi connectivity index (χ1n) is 14.5. The average Bonchev–Trinajstić information content (AvgIpc) is 3.08. The van der Waals surface area contributed by atoms with Gasteiger partial charge in [0.2, 0.25) is 5.91 Å². The van der Waals surface area contributed by atoms with Gasteiger partial charge in [-0.15, -0.1) is 11.6 Å². The van der Waals surface area contributed by atoms with Gasteiger partial charge in [-0.1, -0.05) is 127 Å². The van der Waals surface area contributed by atoms with Crippen LogP contribution in [-0.2, 0) is 17.9 Å². The highest BCUT2D eigenvalue weighted by atomic mass is 35.5. The molecule has 0 fully saturated rings. The summed E-state index contributed by atoms with van der Waals surface area (Å²) >= 11 is 6.81.